The Bertz CT molecular complexity index is 504. The van der Waals surface area contributed by atoms with Crippen molar-refractivity contribution in [2.24, 2.45) is 0 Å². The molecule has 1 unspecified atom stereocenters. The van der Waals surface area contributed by atoms with Crippen LogP contribution in [0.5, 0.6) is 0 Å². The second-order valence-electron chi connectivity index (χ2n) is 5.46. The molecule has 23 heavy (non-hydrogen) atoms. The van der Waals surface area contributed by atoms with Crippen LogP contribution in [0.1, 0.15) is 12.0 Å². The molecule has 7 heteroatoms. The van der Waals surface area contributed by atoms with Gasteiger partial charge in [-0.05, 0) is 10.1 Å². The highest BCUT2D eigenvalue weighted by molar-refractivity contribution is 7.39. The fourth-order valence-corrected chi connectivity index (χ4v) is 3.06. The molecule has 1 aromatic rings. The molecule has 1 atom stereocenters. The Morgan fingerprint density at radius 1 is 1.17 bits per heavy atom. The number of hydrogen-bond donors (Lipinski definition) is 0. The van der Waals surface area contributed by atoms with Gasteiger partial charge in [0.1, 0.15) is 6.61 Å². The van der Waals surface area contributed by atoms with Gasteiger partial charge in [0, 0.05) is 39.1 Å². The molecule has 0 radical (unpaired) electrons. The van der Waals surface area contributed by atoms with E-state index in [-0.39, 0.29) is 6.09 Å². The van der Waals surface area contributed by atoms with Crippen LogP contribution in [0.25, 0.3) is 0 Å². The summed E-state index contributed by atoms with van der Waals surface area (Å²) in [5.74, 6) is 0. The van der Waals surface area contributed by atoms with Gasteiger partial charge in [0.15, 0.2) is 6.16 Å². The first-order valence-corrected chi connectivity index (χ1v) is 9.22. The maximum atomic E-state index is 12.1. The highest BCUT2D eigenvalue weighted by Gasteiger charge is 2.23. The summed E-state index contributed by atoms with van der Waals surface area (Å²) in [7, 11) is -0.0420. The predicted octanol–water partition coefficient (Wildman–Crippen LogP) is 2.72. The molecule has 0 aliphatic carbocycles. The average molecular weight is 339 g/mol. The molecular weight excluding hydrogens is 315 g/mol. The van der Waals surface area contributed by atoms with Gasteiger partial charge in [-0.3, -0.25) is 4.90 Å². The molecule has 1 heterocycles. The number of ether oxygens (including phenoxy) is 1. The molecule has 6 nitrogen and oxygen atoms in total. The van der Waals surface area contributed by atoms with Crippen LogP contribution in [0.2, 0.25) is 0 Å². The van der Waals surface area contributed by atoms with E-state index in [4.69, 9.17) is 9.26 Å². The summed E-state index contributed by atoms with van der Waals surface area (Å²) in [5, 5.41) is 0. The molecule has 1 saturated heterocycles. The molecule has 0 N–H and O–H groups in total. The highest BCUT2D eigenvalue weighted by Crippen LogP contribution is 2.21. The zero-order valence-corrected chi connectivity index (χ0v) is 14.4. The van der Waals surface area contributed by atoms with Gasteiger partial charge in [0.25, 0.3) is 0 Å². The van der Waals surface area contributed by atoms with E-state index in [1.165, 1.54) is 7.11 Å². The summed E-state index contributed by atoms with van der Waals surface area (Å²) < 4.78 is 21.3. The second kappa shape index (κ2) is 9.60. The third-order valence-corrected chi connectivity index (χ3v) is 4.94. The molecule has 2 rings (SSSR count). The Hall–Kier alpha value is -1.49. The molecule has 1 aromatic carbocycles. The minimum atomic E-state index is -1.51. The molecule has 1 aliphatic heterocycles. The van der Waals surface area contributed by atoms with Crippen LogP contribution in [-0.2, 0) is 20.4 Å². The molecule has 0 aromatic heterocycles. The number of hydrogen-bond acceptors (Lipinski definition) is 5. The monoisotopic (exact) mass is 339 g/mol. The third-order valence-electron chi connectivity index (χ3n) is 3.85. The van der Waals surface area contributed by atoms with Crippen molar-refractivity contribution in [3.05, 3.63) is 35.9 Å². The topological polar surface area (TPSA) is 59.1 Å². The smallest absolute Gasteiger partial charge is 0.445 e. The Kier molecular flexibility index (Phi) is 7.46. The zero-order valence-electron chi connectivity index (χ0n) is 13.5. The lowest BCUT2D eigenvalue weighted by Gasteiger charge is -2.33. The van der Waals surface area contributed by atoms with E-state index in [9.17, 15) is 9.36 Å². The molecule has 1 amide bonds. The number of carbonyl (C=O) groups excluding carboxylic acids is 1. The summed E-state index contributed by atoms with van der Waals surface area (Å²) >= 11 is 0. The van der Waals surface area contributed by atoms with Crippen molar-refractivity contribution < 1.29 is 18.6 Å². The van der Waals surface area contributed by atoms with Gasteiger partial charge in [-0.2, -0.15) is 0 Å². The van der Waals surface area contributed by atoms with Gasteiger partial charge >= 0.3 is 14.1 Å². The van der Waals surface area contributed by atoms with Gasteiger partial charge in [-0.15, -0.1) is 4.52 Å². The number of amides is 1. The van der Waals surface area contributed by atoms with E-state index in [0.29, 0.717) is 25.9 Å². The van der Waals surface area contributed by atoms with Crippen LogP contribution in [-0.4, -0.2) is 61.9 Å². The van der Waals surface area contributed by atoms with Crippen molar-refractivity contribution in [3.8, 4) is 0 Å². The number of carbonyl (C=O) groups is 1. The number of benzene rings is 1. The highest BCUT2D eigenvalue weighted by atomic mass is 31.1. The first-order valence-electron chi connectivity index (χ1n) is 7.86. The van der Waals surface area contributed by atoms with E-state index < -0.39 is 8.03 Å². The Labute approximate surface area is 138 Å². The minimum Gasteiger partial charge on any atom is -0.445 e. The standard InChI is InChI=1S/C16H24N2O4P/c1-21-23(20)13-5-8-17-9-11-18(12-10-17)16(19)22-14-15-6-3-2-4-7-15/h2-4,6-7H,5,8-14H2,1H3/q+1. The van der Waals surface area contributed by atoms with Gasteiger partial charge in [-0.1, -0.05) is 30.3 Å². The van der Waals surface area contributed by atoms with Crippen molar-refractivity contribution in [2.75, 3.05) is 46.0 Å². The number of nitrogens with zero attached hydrogens (tertiary/aromatic N) is 2. The largest absolute Gasteiger partial charge is 0.507 e. The Balaban J connectivity index is 1.63. The summed E-state index contributed by atoms with van der Waals surface area (Å²) in [6, 6.07) is 9.68. The minimum absolute atomic E-state index is 0.254. The van der Waals surface area contributed by atoms with Crippen LogP contribution in [0.15, 0.2) is 30.3 Å². The summed E-state index contributed by atoms with van der Waals surface area (Å²) in [6.07, 6.45) is 1.18. The van der Waals surface area contributed by atoms with Gasteiger partial charge in [0.2, 0.25) is 0 Å². The Morgan fingerprint density at radius 2 is 1.87 bits per heavy atom. The Morgan fingerprint density at radius 3 is 2.52 bits per heavy atom. The molecule has 1 aliphatic rings. The number of rotatable bonds is 7. The van der Waals surface area contributed by atoms with Crippen LogP contribution < -0.4 is 0 Å². The molecule has 0 bridgehead atoms. The van der Waals surface area contributed by atoms with Crippen molar-refractivity contribution >= 4 is 14.1 Å². The lowest BCUT2D eigenvalue weighted by atomic mass is 10.2. The fourth-order valence-electron chi connectivity index (χ4n) is 2.48. The molecule has 0 spiro atoms. The van der Waals surface area contributed by atoms with Crippen molar-refractivity contribution in [1.29, 1.82) is 0 Å². The zero-order chi connectivity index (χ0) is 16.5. The molecular formula is C16H24N2O4P+. The first-order chi connectivity index (χ1) is 11.2. The lowest BCUT2D eigenvalue weighted by Crippen LogP contribution is -2.49. The van der Waals surface area contributed by atoms with Crippen LogP contribution in [0, 0.1) is 0 Å². The van der Waals surface area contributed by atoms with E-state index in [2.05, 4.69) is 4.90 Å². The van der Waals surface area contributed by atoms with E-state index in [0.717, 1.165) is 31.6 Å². The van der Waals surface area contributed by atoms with Crippen molar-refractivity contribution in [1.82, 2.24) is 9.80 Å². The maximum absolute atomic E-state index is 12.1. The summed E-state index contributed by atoms with van der Waals surface area (Å²) in [4.78, 5) is 16.1. The normalized spacial score (nSPS) is 16.2. The average Bonchev–Trinajstić information content (AvgIpc) is 2.61. The molecule has 126 valence electrons. The second-order valence-corrected chi connectivity index (χ2v) is 6.94. The summed E-state index contributed by atoms with van der Waals surface area (Å²) in [6.45, 7) is 4.18. The van der Waals surface area contributed by atoms with E-state index in [1.54, 1.807) is 4.90 Å². The van der Waals surface area contributed by atoms with E-state index in [1.807, 2.05) is 30.3 Å². The molecule has 0 saturated carbocycles. The van der Waals surface area contributed by atoms with Gasteiger partial charge in [-0.25, -0.2) is 4.79 Å². The lowest BCUT2D eigenvalue weighted by molar-refractivity contribution is 0.0717. The predicted molar refractivity (Wildman–Crippen MR) is 88.7 cm³/mol. The van der Waals surface area contributed by atoms with E-state index >= 15 is 0 Å². The fraction of sp³-hybridized carbons (Fsp3) is 0.562. The van der Waals surface area contributed by atoms with Crippen LogP contribution >= 0.6 is 8.03 Å². The van der Waals surface area contributed by atoms with Crippen molar-refractivity contribution in [3.63, 3.8) is 0 Å². The van der Waals surface area contributed by atoms with Crippen LogP contribution in [0.3, 0.4) is 0 Å². The quantitative estimate of drug-likeness (QED) is 0.715. The van der Waals surface area contributed by atoms with Gasteiger partial charge < -0.3 is 9.64 Å². The summed E-state index contributed by atoms with van der Waals surface area (Å²) in [5.41, 5.74) is 0.992. The third kappa shape index (κ3) is 6.26. The van der Waals surface area contributed by atoms with Gasteiger partial charge in [0.05, 0.1) is 7.11 Å². The molecule has 1 fully saturated rings. The maximum Gasteiger partial charge on any atom is 0.507 e. The van der Waals surface area contributed by atoms with Crippen LogP contribution in [0.4, 0.5) is 4.79 Å². The van der Waals surface area contributed by atoms with Crippen molar-refractivity contribution in [2.45, 2.75) is 13.0 Å². The number of piperazine rings is 1. The first kappa shape index (κ1) is 17.9. The SMILES string of the molecule is CO[P+](=O)CCCN1CCN(C(=O)OCc2ccccc2)CC1.